The highest BCUT2D eigenvalue weighted by molar-refractivity contribution is 5.70. The van der Waals surface area contributed by atoms with E-state index in [-0.39, 0.29) is 25.2 Å². The van der Waals surface area contributed by atoms with Crippen LogP contribution in [0.15, 0.2) is 85.1 Å². The Morgan fingerprint density at radius 2 is 0.804 bits per heavy atom. The second kappa shape index (κ2) is 46.5. The molecule has 1 unspecified atom stereocenters. The molecule has 0 rings (SSSR count). The number of carbonyl (C=O) groups is 2. The van der Waals surface area contributed by atoms with Gasteiger partial charge in [0, 0.05) is 19.4 Å². The van der Waals surface area contributed by atoms with Gasteiger partial charge in [-0.1, -0.05) is 183 Å². The van der Waals surface area contributed by atoms with Crippen molar-refractivity contribution in [3.05, 3.63) is 85.1 Å². The van der Waals surface area contributed by atoms with Gasteiger partial charge in [0.15, 0.2) is 6.10 Å². The van der Waals surface area contributed by atoms with Crippen LogP contribution in [0.25, 0.3) is 0 Å². The summed E-state index contributed by atoms with van der Waals surface area (Å²) in [5.41, 5.74) is 0. The van der Waals surface area contributed by atoms with Crippen molar-refractivity contribution in [3.8, 4) is 0 Å². The number of rotatable bonds is 41. The highest BCUT2D eigenvalue weighted by Gasteiger charge is 2.17. The first-order valence-corrected chi connectivity index (χ1v) is 23.1. The zero-order valence-corrected chi connectivity index (χ0v) is 36.6. The molecule has 0 aromatic rings. The van der Waals surface area contributed by atoms with Crippen LogP contribution >= 0.6 is 0 Å². The summed E-state index contributed by atoms with van der Waals surface area (Å²) >= 11 is 0. The second-order valence-corrected chi connectivity index (χ2v) is 14.9. The fourth-order valence-corrected chi connectivity index (χ4v) is 6.04. The van der Waals surface area contributed by atoms with Gasteiger partial charge < -0.3 is 14.2 Å². The van der Waals surface area contributed by atoms with Crippen molar-refractivity contribution in [1.82, 2.24) is 0 Å². The van der Waals surface area contributed by atoms with E-state index in [0.717, 1.165) is 109 Å². The molecule has 0 aromatic heterocycles. The molecule has 320 valence electrons. The van der Waals surface area contributed by atoms with Gasteiger partial charge in [-0.25, -0.2) is 0 Å². The van der Waals surface area contributed by atoms with Crippen molar-refractivity contribution in [1.29, 1.82) is 0 Å². The normalized spacial score (nSPS) is 13.0. The van der Waals surface area contributed by atoms with Gasteiger partial charge in [-0.15, -0.1) is 0 Å². The van der Waals surface area contributed by atoms with Crippen molar-refractivity contribution in [3.63, 3.8) is 0 Å². The van der Waals surface area contributed by atoms with Gasteiger partial charge in [-0.05, 0) is 89.9 Å². The van der Waals surface area contributed by atoms with Gasteiger partial charge in [0.2, 0.25) is 0 Å². The predicted octanol–water partition coefficient (Wildman–Crippen LogP) is 15.3. The largest absolute Gasteiger partial charge is 0.462 e. The van der Waals surface area contributed by atoms with Gasteiger partial charge in [0.05, 0.1) is 6.61 Å². The molecule has 0 aliphatic heterocycles. The van der Waals surface area contributed by atoms with Crippen LogP contribution in [-0.4, -0.2) is 37.9 Å². The van der Waals surface area contributed by atoms with Gasteiger partial charge in [0.25, 0.3) is 0 Å². The number of carbonyl (C=O) groups excluding carboxylic acids is 2. The summed E-state index contributed by atoms with van der Waals surface area (Å²) < 4.78 is 17.2. The Morgan fingerprint density at radius 3 is 1.30 bits per heavy atom. The summed E-state index contributed by atoms with van der Waals surface area (Å²) in [6, 6.07) is 0. The molecule has 0 aliphatic rings. The molecule has 0 saturated carbocycles. The van der Waals surface area contributed by atoms with Crippen LogP contribution in [0.4, 0.5) is 0 Å². The third kappa shape index (κ3) is 43.8. The molecule has 0 saturated heterocycles. The van der Waals surface area contributed by atoms with Crippen molar-refractivity contribution >= 4 is 11.9 Å². The number of hydrogen-bond acceptors (Lipinski definition) is 5. The van der Waals surface area contributed by atoms with Gasteiger partial charge >= 0.3 is 11.9 Å². The smallest absolute Gasteiger partial charge is 0.306 e. The van der Waals surface area contributed by atoms with Crippen LogP contribution in [0.3, 0.4) is 0 Å². The molecule has 5 heteroatoms. The van der Waals surface area contributed by atoms with E-state index in [1.54, 1.807) is 0 Å². The topological polar surface area (TPSA) is 61.8 Å². The summed E-state index contributed by atoms with van der Waals surface area (Å²) in [4.78, 5) is 25.2. The maximum atomic E-state index is 12.7. The van der Waals surface area contributed by atoms with Crippen LogP contribution in [0.5, 0.6) is 0 Å². The fraction of sp³-hybridized carbons (Fsp3) is 0.686. The summed E-state index contributed by atoms with van der Waals surface area (Å²) in [6.07, 6.45) is 60.1. The van der Waals surface area contributed by atoms with E-state index in [1.165, 1.54) is 57.8 Å². The molecule has 0 fully saturated rings. The summed E-state index contributed by atoms with van der Waals surface area (Å²) in [6.45, 7) is 7.53. The molecular formula is C51H86O5. The first kappa shape index (κ1) is 53.1. The molecule has 0 aliphatic carbocycles. The first-order valence-electron chi connectivity index (χ1n) is 23.1. The lowest BCUT2D eigenvalue weighted by Crippen LogP contribution is -2.30. The minimum Gasteiger partial charge on any atom is -0.462 e. The molecule has 56 heavy (non-hydrogen) atoms. The number of unbranched alkanes of at least 4 members (excludes halogenated alkanes) is 16. The van der Waals surface area contributed by atoms with Gasteiger partial charge in [0.1, 0.15) is 6.61 Å². The Morgan fingerprint density at radius 1 is 0.411 bits per heavy atom. The highest BCUT2D eigenvalue weighted by atomic mass is 16.6. The Hall–Kier alpha value is -2.92. The quantitative estimate of drug-likeness (QED) is 0.0351. The molecule has 0 N–H and O–H groups in total. The lowest BCUT2D eigenvalue weighted by Gasteiger charge is -2.18. The third-order valence-electron chi connectivity index (χ3n) is 9.43. The molecule has 0 heterocycles. The third-order valence-corrected chi connectivity index (χ3v) is 9.43. The average molecular weight is 779 g/mol. The Kier molecular flexibility index (Phi) is 44.0. The molecule has 0 spiro atoms. The molecule has 0 amide bonds. The number of allylic oxidation sites excluding steroid dienone is 14. The minimum absolute atomic E-state index is 0.0629. The lowest BCUT2D eigenvalue weighted by molar-refractivity contribution is -0.163. The van der Waals surface area contributed by atoms with Crippen LogP contribution < -0.4 is 0 Å². The van der Waals surface area contributed by atoms with Gasteiger partial charge in [-0.2, -0.15) is 0 Å². The molecular weight excluding hydrogens is 693 g/mol. The molecule has 0 radical (unpaired) electrons. The summed E-state index contributed by atoms with van der Waals surface area (Å²) in [5.74, 6) is -0.452. The van der Waals surface area contributed by atoms with Crippen LogP contribution in [-0.2, 0) is 23.8 Å². The van der Waals surface area contributed by atoms with Crippen LogP contribution in [0, 0.1) is 0 Å². The zero-order valence-electron chi connectivity index (χ0n) is 36.6. The molecule has 5 nitrogen and oxygen atoms in total. The van der Waals surface area contributed by atoms with Crippen molar-refractivity contribution in [2.75, 3.05) is 19.8 Å². The van der Waals surface area contributed by atoms with Crippen molar-refractivity contribution in [2.24, 2.45) is 0 Å². The Labute approximate surface area is 346 Å². The van der Waals surface area contributed by atoms with E-state index in [9.17, 15) is 9.59 Å². The molecule has 0 bridgehead atoms. The second-order valence-electron chi connectivity index (χ2n) is 14.9. The summed E-state index contributed by atoms with van der Waals surface area (Å²) in [5, 5.41) is 0. The van der Waals surface area contributed by atoms with Gasteiger partial charge in [-0.3, -0.25) is 9.59 Å². The average Bonchev–Trinajstić information content (AvgIpc) is 3.20. The van der Waals surface area contributed by atoms with E-state index in [2.05, 4.69) is 106 Å². The Bertz CT molecular complexity index is 1060. The monoisotopic (exact) mass is 779 g/mol. The molecule has 0 aromatic carbocycles. The highest BCUT2D eigenvalue weighted by Crippen LogP contribution is 2.12. The number of hydrogen-bond donors (Lipinski definition) is 0. The van der Waals surface area contributed by atoms with Crippen molar-refractivity contribution in [2.45, 2.75) is 207 Å². The first-order chi connectivity index (χ1) is 27.6. The van der Waals surface area contributed by atoms with Crippen LogP contribution in [0.1, 0.15) is 201 Å². The maximum absolute atomic E-state index is 12.7. The minimum atomic E-state index is -0.556. The van der Waals surface area contributed by atoms with E-state index in [4.69, 9.17) is 14.2 Å². The number of esters is 2. The van der Waals surface area contributed by atoms with E-state index in [0.29, 0.717) is 19.4 Å². The maximum Gasteiger partial charge on any atom is 0.306 e. The van der Waals surface area contributed by atoms with Crippen molar-refractivity contribution < 1.29 is 23.8 Å². The standard InChI is InChI=1S/C51H86O5/c1-4-7-10-13-16-19-21-23-24-25-26-27-28-30-31-33-35-38-41-44-50(52)55-48-49(47-54-46-43-40-37-18-15-12-9-6-3)56-51(53)45-42-39-36-34-32-29-22-20-17-14-11-8-5-2/h7-8,10-11,16-17,19-20,23-24,26-27,29,32,49H,4-6,9,12-15,18,21-22,25,28,30-31,33-48H2,1-3H3/b10-7-,11-8-,19-16-,20-17-,24-23-,27-26-,32-29-. The SMILES string of the molecule is CC/C=C\C/C=C\C/C=C\C/C=C\CCCCCCCCC(=O)OCC(COCCCCCCCCCC)OC(=O)CCCCC/C=C\C/C=C\C/C=C\CC. The fourth-order valence-electron chi connectivity index (χ4n) is 6.04. The Balaban J connectivity index is 4.24. The zero-order chi connectivity index (χ0) is 40.7. The predicted molar refractivity (Wildman–Crippen MR) is 242 cm³/mol. The van der Waals surface area contributed by atoms with E-state index in [1.807, 2.05) is 0 Å². The molecule has 1 atom stereocenters. The lowest BCUT2D eigenvalue weighted by atomic mass is 10.1. The number of ether oxygens (including phenoxy) is 3. The van der Waals surface area contributed by atoms with E-state index >= 15 is 0 Å². The van der Waals surface area contributed by atoms with Crippen LogP contribution in [0.2, 0.25) is 0 Å². The van der Waals surface area contributed by atoms with E-state index < -0.39 is 6.10 Å². The summed E-state index contributed by atoms with van der Waals surface area (Å²) in [7, 11) is 0.